The highest BCUT2D eigenvalue weighted by Gasteiger charge is 2.40. The molecule has 0 spiro atoms. The maximum atomic E-state index is 13.6. The lowest BCUT2D eigenvalue weighted by molar-refractivity contribution is -0.120. The molecular formula is C30H27ClN2O6S. The van der Waals surface area contributed by atoms with Crippen molar-refractivity contribution in [2.24, 2.45) is 0 Å². The fourth-order valence-corrected chi connectivity index (χ4v) is 4.76. The number of anilines is 2. The van der Waals surface area contributed by atoms with E-state index in [0.29, 0.717) is 45.4 Å². The smallest absolute Gasteiger partial charge is 0.338 e. The number of hydrogen-bond donors (Lipinski definition) is 1. The second-order valence-corrected chi connectivity index (χ2v) is 10.6. The summed E-state index contributed by atoms with van der Waals surface area (Å²) in [5, 5.41) is 3.60. The molecule has 1 N–H and O–H groups in total. The third-order valence-corrected chi connectivity index (χ3v) is 6.95. The summed E-state index contributed by atoms with van der Waals surface area (Å²) in [4.78, 5) is 53.6. The standard InChI is InChI=1S/C30H27ClN2O6S/c1-4-17-38-29(36)19-5-11-22(12-6-19)32-25-26(40-24-15-9-21(31)10-16-24)28(35)33(27(25)34)23-13-7-20(8-14-23)30(37)39-18(2)3/h5-16,18,32H,4,17H2,1-3H3. The van der Waals surface area contributed by atoms with Gasteiger partial charge in [-0.3, -0.25) is 9.59 Å². The molecule has 0 fully saturated rings. The van der Waals surface area contributed by atoms with Gasteiger partial charge in [0.1, 0.15) is 10.6 Å². The van der Waals surface area contributed by atoms with Gasteiger partial charge < -0.3 is 14.8 Å². The number of halogens is 1. The summed E-state index contributed by atoms with van der Waals surface area (Å²) >= 11 is 7.14. The zero-order valence-corrected chi connectivity index (χ0v) is 23.7. The molecule has 3 aromatic carbocycles. The molecule has 0 bridgehead atoms. The Bertz CT molecular complexity index is 1450. The Balaban J connectivity index is 1.63. The summed E-state index contributed by atoms with van der Waals surface area (Å²) in [5.74, 6) is -2.03. The first-order valence-electron chi connectivity index (χ1n) is 12.6. The van der Waals surface area contributed by atoms with Crippen molar-refractivity contribution < 1.29 is 28.7 Å². The van der Waals surface area contributed by atoms with E-state index < -0.39 is 23.8 Å². The van der Waals surface area contributed by atoms with E-state index in [2.05, 4.69) is 5.32 Å². The molecular weight excluding hydrogens is 552 g/mol. The van der Waals surface area contributed by atoms with E-state index in [9.17, 15) is 19.2 Å². The highest BCUT2D eigenvalue weighted by Crippen LogP contribution is 2.38. The van der Waals surface area contributed by atoms with Crippen LogP contribution in [0.15, 0.2) is 88.3 Å². The fraction of sp³-hybridized carbons (Fsp3) is 0.200. The molecule has 0 saturated heterocycles. The van der Waals surface area contributed by atoms with Crippen molar-refractivity contribution >= 4 is 58.5 Å². The van der Waals surface area contributed by atoms with Crippen LogP contribution in [0.3, 0.4) is 0 Å². The summed E-state index contributed by atoms with van der Waals surface area (Å²) in [7, 11) is 0. The van der Waals surface area contributed by atoms with E-state index in [-0.39, 0.29) is 16.7 Å². The largest absolute Gasteiger partial charge is 0.462 e. The molecule has 1 heterocycles. The molecule has 2 amide bonds. The summed E-state index contributed by atoms with van der Waals surface area (Å²) in [5.41, 5.74) is 1.56. The molecule has 0 atom stereocenters. The van der Waals surface area contributed by atoms with Crippen molar-refractivity contribution in [1.82, 2.24) is 0 Å². The minimum absolute atomic E-state index is 0.0783. The molecule has 0 aliphatic carbocycles. The van der Waals surface area contributed by atoms with Crippen LogP contribution in [0.4, 0.5) is 11.4 Å². The molecule has 206 valence electrons. The zero-order chi connectivity index (χ0) is 28.8. The van der Waals surface area contributed by atoms with Crippen LogP contribution in [0.1, 0.15) is 47.9 Å². The lowest BCUT2D eigenvalue weighted by Gasteiger charge is -2.16. The number of nitrogens with zero attached hydrogens (tertiary/aromatic N) is 1. The van der Waals surface area contributed by atoms with Crippen LogP contribution >= 0.6 is 23.4 Å². The molecule has 1 aliphatic rings. The third-order valence-electron chi connectivity index (χ3n) is 5.61. The van der Waals surface area contributed by atoms with Crippen LogP contribution in [0.2, 0.25) is 5.02 Å². The predicted octanol–water partition coefficient (Wildman–Crippen LogP) is 6.46. The third kappa shape index (κ3) is 6.73. The van der Waals surface area contributed by atoms with Gasteiger partial charge in [-0.15, -0.1) is 0 Å². The van der Waals surface area contributed by atoms with Crippen LogP contribution in [0.5, 0.6) is 0 Å². The first-order valence-corrected chi connectivity index (χ1v) is 13.8. The van der Waals surface area contributed by atoms with Gasteiger partial charge in [0.25, 0.3) is 11.8 Å². The maximum absolute atomic E-state index is 13.6. The molecule has 0 unspecified atom stereocenters. The van der Waals surface area contributed by atoms with Gasteiger partial charge in [0.15, 0.2) is 0 Å². The first-order chi connectivity index (χ1) is 19.2. The van der Waals surface area contributed by atoms with Gasteiger partial charge in [-0.05, 0) is 93.1 Å². The number of hydrogen-bond acceptors (Lipinski definition) is 8. The summed E-state index contributed by atoms with van der Waals surface area (Å²) in [6.07, 6.45) is 0.431. The van der Waals surface area contributed by atoms with Crippen LogP contribution in [-0.4, -0.2) is 36.5 Å². The van der Waals surface area contributed by atoms with Gasteiger partial charge in [-0.25, -0.2) is 14.5 Å². The number of carbonyl (C=O) groups is 4. The van der Waals surface area contributed by atoms with E-state index in [1.54, 1.807) is 62.4 Å². The van der Waals surface area contributed by atoms with E-state index in [4.69, 9.17) is 21.1 Å². The minimum Gasteiger partial charge on any atom is -0.462 e. The topological polar surface area (TPSA) is 102 Å². The average Bonchev–Trinajstić information content (AvgIpc) is 3.16. The van der Waals surface area contributed by atoms with Gasteiger partial charge in [0, 0.05) is 15.6 Å². The second-order valence-electron chi connectivity index (χ2n) is 9.05. The summed E-state index contributed by atoms with van der Waals surface area (Å²) in [6.45, 7) is 5.73. The van der Waals surface area contributed by atoms with Crippen molar-refractivity contribution in [3.63, 3.8) is 0 Å². The number of amides is 2. The Morgan fingerprint density at radius 1 is 0.875 bits per heavy atom. The van der Waals surface area contributed by atoms with Crippen LogP contribution in [0, 0.1) is 0 Å². The van der Waals surface area contributed by atoms with Crippen molar-refractivity contribution in [1.29, 1.82) is 0 Å². The Morgan fingerprint density at radius 3 is 2.08 bits per heavy atom. The Kier molecular flexibility index (Phi) is 9.29. The molecule has 0 radical (unpaired) electrons. The van der Waals surface area contributed by atoms with Gasteiger partial charge >= 0.3 is 11.9 Å². The number of imide groups is 1. The molecule has 3 aromatic rings. The summed E-state index contributed by atoms with van der Waals surface area (Å²) < 4.78 is 10.4. The molecule has 40 heavy (non-hydrogen) atoms. The second kappa shape index (κ2) is 12.8. The van der Waals surface area contributed by atoms with Crippen molar-refractivity contribution in [3.05, 3.63) is 99.5 Å². The Labute approximate surface area is 241 Å². The summed E-state index contributed by atoms with van der Waals surface area (Å²) in [6, 6.07) is 19.4. The number of esters is 2. The van der Waals surface area contributed by atoms with Gasteiger partial charge in [0.05, 0.1) is 29.5 Å². The highest BCUT2D eigenvalue weighted by molar-refractivity contribution is 8.04. The lowest BCUT2D eigenvalue weighted by Crippen LogP contribution is -2.32. The van der Waals surface area contributed by atoms with Crippen molar-refractivity contribution in [3.8, 4) is 0 Å². The maximum Gasteiger partial charge on any atom is 0.338 e. The quantitative estimate of drug-likeness (QED) is 0.216. The predicted molar refractivity (Wildman–Crippen MR) is 154 cm³/mol. The van der Waals surface area contributed by atoms with E-state index in [1.165, 1.54) is 24.3 Å². The van der Waals surface area contributed by atoms with E-state index in [1.807, 2.05) is 6.92 Å². The monoisotopic (exact) mass is 578 g/mol. The number of carbonyl (C=O) groups excluding carboxylic acids is 4. The number of ether oxygens (including phenoxy) is 2. The van der Waals surface area contributed by atoms with Crippen molar-refractivity contribution in [2.75, 3.05) is 16.8 Å². The number of rotatable bonds is 10. The molecule has 0 saturated carbocycles. The Hall–Kier alpha value is -4.08. The lowest BCUT2D eigenvalue weighted by atomic mass is 10.2. The fourth-order valence-electron chi connectivity index (χ4n) is 3.71. The van der Waals surface area contributed by atoms with Gasteiger partial charge in [-0.1, -0.05) is 30.3 Å². The molecule has 1 aliphatic heterocycles. The number of nitrogens with one attached hydrogen (secondary N) is 1. The Morgan fingerprint density at radius 2 is 1.48 bits per heavy atom. The number of thioether (sulfide) groups is 1. The molecule has 10 heteroatoms. The molecule has 8 nitrogen and oxygen atoms in total. The SMILES string of the molecule is CCCOC(=O)c1ccc(NC2=C(Sc3ccc(Cl)cc3)C(=O)N(c3ccc(C(=O)OC(C)C)cc3)C2=O)cc1. The van der Waals surface area contributed by atoms with Crippen molar-refractivity contribution in [2.45, 2.75) is 38.2 Å². The van der Waals surface area contributed by atoms with Crippen LogP contribution in [0.25, 0.3) is 0 Å². The molecule has 0 aromatic heterocycles. The first kappa shape index (κ1) is 28.9. The minimum atomic E-state index is -0.564. The number of benzene rings is 3. The average molecular weight is 579 g/mol. The van der Waals surface area contributed by atoms with E-state index >= 15 is 0 Å². The van der Waals surface area contributed by atoms with E-state index in [0.717, 1.165) is 16.7 Å². The molecule has 4 rings (SSSR count). The van der Waals surface area contributed by atoms with Gasteiger partial charge in [-0.2, -0.15) is 0 Å². The van der Waals surface area contributed by atoms with Crippen LogP contribution in [-0.2, 0) is 19.1 Å². The van der Waals surface area contributed by atoms with Gasteiger partial charge in [0.2, 0.25) is 0 Å². The highest BCUT2D eigenvalue weighted by atomic mass is 35.5. The zero-order valence-electron chi connectivity index (χ0n) is 22.1. The van der Waals surface area contributed by atoms with Crippen LogP contribution < -0.4 is 10.2 Å². The normalized spacial score (nSPS) is 13.2.